The van der Waals surface area contributed by atoms with Crippen LogP contribution in [-0.2, 0) is 6.54 Å². The highest BCUT2D eigenvalue weighted by Gasteiger charge is 2.15. The third kappa shape index (κ3) is 5.02. The molecule has 168 valence electrons. The Morgan fingerprint density at radius 1 is 1.00 bits per heavy atom. The third-order valence-corrected chi connectivity index (χ3v) is 5.52. The number of aliphatic hydroxyl groups is 1. The lowest BCUT2D eigenvalue weighted by Crippen LogP contribution is -2.32. The molecule has 0 unspecified atom stereocenters. The van der Waals surface area contributed by atoms with Crippen molar-refractivity contribution in [1.82, 2.24) is 9.78 Å². The van der Waals surface area contributed by atoms with Crippen LogP contribution in [0.25, 0.3) is 22.0 Å². The van der Waals surface area contributed by atoms with Crippen molar-refractivity contribution in [1.29, 1.82) is 0 Å². The van der Waals surface area contributed by atoms with E-state index in [4.69, 9.17) is 4.74 Å². The maximum atomic E-state index is 13.0. The quantitative estimate of drug-likeness (QED) is 0.409. The van der Waals surface area contributed by atoms with Crippen molar-refractivity contribution in [2.45, 2.75) is 32.9 Å². The molecule has 33 heavy (non-hydrogen) atoms. The number of benzene rings is 3. The van der Waals surface area contributed by atoms with Gasteiger partial charge in [0, 0.05) is 22.9 Å². The van der Waals surface area contributed by atoms with Crippen molar-refractivity contribution in [3.05, 3.63) is 94.3 Å². The van der Waals surface area contributed by atoms with Gasteiger partial charge >= 0.3 is 0 Å². The van der Waals surface area contributed by atoms with E-state index < -0.39 is 6.10 Å². The zero-order valence-corrected chi connectivity index (χ0v) is 18.7. The second-order valence-corrected chi connectivity index (χ2v) is 8.01. The number of fused-ring (bicyclic) bond motifs is 1. The Balaban J connectivity index is 1.55. The molecule has 1 aromatic heterocycles. The number of Topliss-reactive ketones (excluding diaryl/α,β-unsaturated/α-hetero) is 1. The number of rotatable bonds is 8. The van der Waals surface area contributed by atoms with Crippen LogP contribution in [0.2, 0.25) is 0 Å². The standard InChI is InChI=1S/C27H26N2O4/c1-3-25(31)19-12-14-22(15-13-19)33-17-21(30)16-29-27(32)24-7-5-4-6-23(24)26(28-29)20-10-8-18(2)9-11-20/h4-15,21,30H,3,16-17H2,1-2H3/t21-/m0/s1. The van der Waals surface area contributed by atoms with Crippen LogP contribution in [-0.4, -0.2) is 33.4 Å². The van der Waals surface area contributed by atoms with Crippen molar-refractivity contribution < 1.29 is 14.6 Å². The number of ether oxygens (including phenoxy) is 1. The first-order valence-corrected chi connectivity index (χ1v) is 11.0. The largest absolute Gasteiger partial charge is 0.491 e. The van der Waals surface area contributed by atoms with Gasteiger partial charge in [0.05, 0.1) is 17.6 Å². The minimum atomic E-state index is -0.945. The van der Waals surface area contributed by atoms with Crippen molar-refractivity contribution in [3.63, 3.8) is 0 Å². The number of ketones is 1. The Morgan fingerprint density at radius 3 is 2.33 bits per heavy atom. The number of carbonyl (C=O) groups is 1. The lowest BCUT2D eigenvalue weighted by atomic mass is 10.0. The molecule has 0 aliphatic carbocycles. The Kier molecular flexibility index (Phi) is 6.66. The number of hydrogen-bond acceptors (Lipinski definition) is 5. The Morgan fingerprint density at radius 2 is 1.67 bits per heavy atom. The number of hydrogen-bond donors (Lipinski definition) is 1. The van der Waals surface area contributed by atoms with Gasteiger partial charge in [-0.2, -0.15) is 5.10 Å². The summed E-state index contributed by atoms with van der Waals surface area (Å²) in [5, 5.41) is 16.5. The van der Waals surface area contributed by atoms with E-state index in [1.165, 1.54) is 4.68 Å². The van der Waals surface area contributed by atoms with Gasteiger partial charge in [-0.25, -0.2) is 4.68 Å². The summed E-state index contributed by atoms with van der Waals surface area (Å²) in [6, 6.07) is 22.1. The predicted octanol–water partition coefficient (Wildman–Crippen LogP) is 4.40. The van der Waals surface area contributed by atoms with E-state index in [0.717, 1.165) is 16.5 Å². The molecule has 1 N–H and O–H groups in total. The first-order valence-electron chi connectivity index (χ1n) is 11.0. The summed E-state index contributed by atoms with van der Waals surface area (Å²) in [7, 11) is 0. The van der Waals surface area contributed by atoms with Gasteiger partial charge in [-0.05, 0) is 37.3 Å². The fraction of sp³-hybridized carbons (Fsp3) is 0.222. The number of aliphatic hydroxyl groups excluding tert-OH is 1. The normalized spacial score (nSPS) is 12.0. The van der Waals surface area contributed by atoms with E-state index in [1.807, 2.05) is 56.3 Å². The zero-order valence-electron chi connectivity index (χ0n) is 18.7. The molecule has 4 aromatic rings. The number of aryl methyl sites for hydroxylation is 1. The zero-order chi connectivity index (χ0) is 23.4. The average molecular weight is 443 g/mol. The molecular weight excluding hydrogens is 416 g/mol. The highest BCUT2D eigenvalue weighted by molar-refractivity contribution is 5.96. The third-order valence-electron chi connectivity index (χ3n) is 5.52. The van der Waals surface area contributed by atoms with Crippen LogP contribution in [0.5, 0.6) is 5.75 Å². The van der Waals surface area contributed by atoms with Crippen molar-refractivity contribution >= 4 is 16.6 Å². The molecule has 0 amide bonds. The molecule has 6 heteroatoms. The summed E-state index contributed by atoms with van der Waals surface area (Å²) in [6.07, 6.45) is -0.504. The van der Waals surface area contributed by atoms with Crippen LogP contribution in [0.4, 0.5) is 0 Å². The number of carbonyl (C=O) groups excluding carboxylic acids is 1. The lowest BCUT2D eigenvalue weighted by molar-refractivity contribution is 0.0881. The number of nitrogens with zero attached hydrogens (tertiary/aromatic N) is 2. The minimum Gasteiger partial charge on any atom is -0.491 e. The van der Waals surface area contributed by atoms with Gasteiger partial charge in [0.25, 0.3) is 5.56 Å². The summed E-state index contributed by atoms with van der Waals surface area (Å²) < 4.78 is 6.96. The van der Waals surface area contributed by atoms with Crippen LogP contribution in [0.1, 0.15) is 29.3 Å². The molecule has 0 aliphatic rings. The maximum Gasteiger partial charge on any atom is 0.274 e. The van der Waals surface area contributed by atoms with E-state index in [0.29, 0.717) is 28.8 Å². The average Bonchev–Trinajstić information content (AvgIpc) is 2.85. The van der Waals surface area contributed by atoms with E-state index in [2.05, 4.69) is 5.10 Å². The summed E-state index contributed by atoms with van der Waals surface area (Å²) in [4.78, 5) is 24.8. The number of aromatic nitrogens is 2. The topological polar surface area (TPSA) is 81.4 Å². The summed E-state index contributed by atoms with van der Waals surface area (Å²) in [5.41, 5.74) is 3.09. The molecule has 1 heterocycles. The Labute approximate surface area is 192 Å². The summed E-state index contributed by atoms with van der Waals surface area (Å²) >= 11 is 0. The molecule has 0 saturated carbocycles. The summed E-state index contributed by atoms with van der Waals surface area (Å²) in [6.45, 7) is 3.81. The Hall–Kier alpha value is -3.77. The fourth-order valence-electron chi connectivity index (χ4n) is 3.67. The Bertz CT molecular complexity index is 1330. The first kappa shape index (κ1) is 22.4. The van der Waals surface area contributed by atoms with Crippen LogP contribution >= 0.6 is 0 Å². The molecule has 4 rings (SSSR count). The fourth-order valence-corrected chi connectivity index (χ4v) is 3.67. The molecule has 0 saturated heterocycles. The molecular formula is C27H26N2O4. The van der Waals surface area contributed by atoms with Gasteiger partial charge in [0.15, 0.2) is 5.78 Å². The smallest absolute Gasteiger partial charge is 0.274 e. The molecule has 0 spiro atoms. The van der Waals surface area contributed by atoms with Crippen LogP contribution in [0, 0.1) is 6.92 Å². The van der Waals surface area contributed by atoms with Gasteiger partial charge in [-0.3, -0.25) is 9.59 Å². The molecule has 0 bridgehead atoms. The van der Waals surface area contributed by atoms with Crippen molar-refractivity contribution in [2.75, 3.05) is 6.61 Å². The first-order chi connectivity index (χ1) is 16.0. The van der Waals surface area contributed by atoms with Gasteiger partial charge in [0.2, 0.25) is 0 Å². The van der Waals surface area contributed by atoms with Crippen LogP contribution in [0.15, 0.2) is 77.6 Å². The van der Waals surface area contributed by atoms with Crippen LogP contribution < -0.4 is 10.3 Å². The van der Waals surface area contributed by atoms with Crippen molar-refractivity contribution in [2.24, 2.45) is 0 Å². The van der Waals surface area contributed by atoms with Crippen LogP contribution in [0.3, 0.4) is 0 Å². The molecule has 3 aromatic carbocycles. The molecule has 1 atom stereocenters. The minimum absolute atomic E-state index is 0.00503. The SMILES string of the molecule is CCC(=O)c1ccc(OC[C@@H](O)Cn2nc(-c3ccc(C)cc3)c3ccccc3c2=O)cc1. The van der Waals surface area contributed by atoms with E-state index in [-0.39, 0.29) is 24.5 Å². The monoisotopic (exact) mass is 442 g/mol. The molecule has 6 nitrogen and oxygen atoms in total. The lowest BCUT2D eigenvalue weighted by Gasteiger charge is -2.16. The van der Waals surface area contributed by atoms with Gasteiger partial charge < -0.3 is 9.84 Å². The van der Waals surface area contributed by atoms with Gasteiger partial charge in [-0.1, -0.05) is 55.0 Å². The summed E-state index contributed by atoms with van der Waals surface area (Å²) in [5.74, 6) is 0.605. The molecule has 0 aliphatic heterocycles. The van der Waals surface area contributed by atoms with E-state index in [9.17, 15) is 14.7 Å². The van der Waals surface area contributed by atoms with E-state index in [1.54, 1.807) is 30.3 Å². The maximum absolute atomic E-state index is 13.0. The second-order valence-electron chi connectivity index (χ2n) is 8.01. The van der Waals surface area contributed by atoms with Gasteiger partial charge in [-0.15, -0.1) is 0 Å². The van der Waals surface area contributed by atoms with Gasteiger partial charge in [0.1, 0.15) is 18.5 Å². The van der Waals surface area contributed by atoms with E-state index >= 15 is 0 Å². The highest BCUT2D eigenvalue weighted by atomic mass is 16.5. The highest BCUT2D eigenvalue weighted by Crippen LogP contribution is 2.25. The molecule has 0 radical (unpaired) electrons. The molecule has 0 fully saturated rings. The predicted molar refractivity (Wildman–Crippen MR) is 129 cm³/mol. The second kappa shape index (κ2) is 9.79. The van der Waals surface area contributed by atoms with Crippen molar-refractivity contribution in [3.8, 4) is 17.0 Å².